The second-order valence-corrected chi connectivity index (χ2v) is 4.24. The molecule has 0 fully saturated rings. The number of nitrogens with one attached hydrogen (secondary N) is 1. The molecule has 0 bridgehead atoms. The molecule has 0 radical (unpaired) electrons. The number of carbonyl (C=O) groups excluding carboxylic acids is 1. The van der Waals surface area contributed by atoms with E-state index in [0.717, 1.165) is 5.56 Å². The Balaban J connectivity index is 2.16. The standard InChI is InChI=1S/C14H13ClN2O2/c1-19-14(18)11-6-4-8-16-13(11)17-9-10-5-2-3-7-12(10)15/h2-8H,9H2,1H3,(H,16,17). The number of anilines is 1. The minimum Gasteiger partial charge on any atom is -0.465 e. The van der Waals surface area contributed by atoms with Crippen LogP contribution in [0.5, 0.6) is 0 Å². The van der Waals surface area contributed by atoms with E-state index < -0.39 is 5.97 Å². The number of esters is 1. The van der Waals surface area contributed by atoms with Gasteiger partial charge in [0.15, 0.2) is 0 Å². The lowest BCUT2D eigenvalue weighted by atomic mass is 10.2. The third-order valence-electron chi connectivity index (χ3n) is 2.62. The molecule has 1 heterocycles. The van der Waals surface area contributed by atoms with Crippen LogP contribution in [0.2, 0.25) is 5.02 Å². The van der Waals surface area contributed by atoms with Crippen LogP contribution in [0.3, 0.4) is 0 Å². The summed E-state index contributed by atoms with van der Waals surface area (Å²) >= 11 is 6.07. The number of ether oxygens (including phenoxy) is 1. The Morgan fingerprint density at radius 1 is 1.32 bits per heavy atom. The van der Waals surface area contributed by atoms with Gasteiger partial charge in [-0.05, 0) is 23.8 Å². The molecule has 5 heteroatoms. The van der Waals surface area contributed by atoms with E-state index in [9.17, 15) is 4.79 Å². The van der Waals surface area contributed by atoms with Crippen molar-refractivity contribution >= 4 is 23.4 Å². The number of nitrogens with zero attached hydrogens (tertiary/aromatic N) is 1. The molecule has 0 saturated heterocycles. The molecule has 2 aromatic rings. The van der Waals surface area contributed by atoms with Crippen LogP contribution in [0, 0.1) is 0 Å². The highest BCUT2D eigenvalue weighted by Crippen LogP contribution is 2.18. The van der Waals surface area contributed by atoms with Gasteiger partial charge in [-0.25, -0.2) is 9.78 Å². The van der Waals surface area contributed by atoms with Gasteiger partial charge in [0, 0.05) is 17.8 Å². The number of pyridine rings is 1. The van der Waals surface area contributed by atoms with Gasteiger partial charge in [0.25, 0.3) is 0 Å². The monoisotopic (exact) mass is 276 g/mol. The molecular formula is C14H13ClN2O2. The fourth-order valence-electron chi connectivity index (χ4n) is 1.64. The number of aromatic nitrogens is 1. The van der Waals surface area contributed by atoms with Gasteiger partial charge in [-0.15, -0.1) is 0 Å². The lowest BCUT2D eigenvalue weighted by Gasteiger charge is -2.10. The summed E-state index contributed by atoms with van der Waals surface area (Å²) in [4.78, 5) is 15.7. The Labute approximate surface area is 116 Å². The molecule has 0 aliphatic carbocycles. The van der Waals surface area contributed by atoms with Gasteiger partial charge in [-0.2, -0.15) is 0 Å². The molecule has 19 heavy (non-hydrogen) atoms. The first-order valence-corrected chi connectivity index (χ1v) is 6.11. The number of benzene rings is 1. The van der Waals surface area contributed by atoms with Crippen LogP contribution < -0.4 is 5.32 Å². The predicted molar refractivity (Wildman–Crippen MR) is 74.4 cm³/mol. The van der Waals surface area contributed by atoms with Crippen LogP contribution in [0.15, 0.2) is 42.6 Å². The van der Waals surface area contributed by atoms with Gasteiger partial charge < -0.3 is 10.1 Å². The zero-order chi connectivity index (χ0) is 13.7. The molecule has 2 rings (SSSR count). The van der Waals surface area contributed by atoms with Crippen molar-refractivity contribution in [2.75, 3.05) is 12.4 Å². The minimum absolute atomic E-state index is 0.400. The van der Waals surface area contributed by atoms with Crippen molar-refractivity contribution in [2.24, 2.45) is 0 Å². The number of hydrogen-bond donors (Lipinski definition) is 1. The first-order chi connectivity index (χ1) is 9.22. The summed E-state index contributed by atoms with van der Waals surface area (Å²) in [5.41, 5.74) is 1.34. The van der Waals surface area contributed by atoms with Gasteiger partial charge in [0.05, 0.1) is 7.11 Å². The topological polar surface area (TPSA) is 51.2 Å². The summed E-state index contributed by atoms with van der Waals surface area (Å²) in [6, 6.07) is 10.9. The quantitative estimate of drug-likeness (QED) is 0.872. The Kier molecular flexibility index (Phi) is 4.36. The summed E-state index contributed by atoms with van der Waals surface area (Å²) < 4.78 is 4.71. The normalized spacial score (nSPS) is 10.0. The second kappa shape index (κ2) is 6.20. The van der Waals surface area contributed by atoms with Gasteiger partial charge in [0.1, 0.15) is 11.4 Å². The molecule has 0 spiro atoms. The zero-order valence-electron chi connectivity index (χ0n) is 10.4. The van der Waals surface area contributed by atoms with E-state index in [2.05, 4.69) is 10.3 Å². The Bertz CT molecular complexity index is 587. The van der Waals surface area contributed by atoms with Gasteiger partial charge >= 0.3 is 5.97 Å². The molecule has 0 amide bonds. The first-order valence-electron chi connectivity index (χ1n) is 5.73. The summed E-state index contributed by atoms with van der Waals surface area (Å²) in [6.45, 7) is 0.487. The van der Waals surface area contributed by atoms with Crippen molar-refractivity contribution in [3.05, 3.63) is 58.7 Å². The minimum atomic E-state index is -0.422. The Morgan fingerprint density at radius 2 is 2.11 bits per heavy atom. The van der Waals surface area contributed by atoms with Crippen LogP contribution in [-0.2, 0) is 11.3 Å². The molecule has 0 unspecified atom stereocenters. The van der Waals surface area contributed by atoms with E-state index in [1.807, 2.05) is 24.3 Å². The maximum Gasteiger partial charge on any atom is 0.341 e. The molecule has 0 aliphatic rings. The molecule has 98 valence electrons. The van der Waals surface area contributed by atoms with Crippen molar-refractivity contribution in [1.29, 1.82) is 0 Å². The van der Waals surface area contributed by atoms with Crippen molar-refractivity contribution in [3.63, 3.8) is 0 Å². The molecule has 1 aromatic carbocycles. The van der Waals surface area contributed by atoms with Crippen LogP contribution in [0.4, 0.5) is 5.82 Å². The van der Waals surface area contributed by atoms with Crippen molar-refractivity contribution in [2.45, 2.75) is 6.54 Å². The number of methoxy groups -OCH3 is 1. The number of hydrogen-bond acceptors (Lipinski definition) is 4. The maximum absolute atomic E-state index is 11.6. The molecule has 1 aromatic heterocycles. The van der Waals surface area contributed by atoms with Gasteiger partial charge in [-0.3, -0.25) is 0 Å². The van der Waals surface area contributed by atoms with E-state index in [1.165, 1.54) is 7.11 Å². The second-order valence-electron chi connectivity index (χ2n) is 3.84. The third-order valence-corrected chi connectivity index (χ3v) is 2.99. The van der Waals surface area contributed by atoms with Crippen LogP contribution in [0.25, 0.3) is 0 Å². The third kappa shape index (κ3) is 3.23. The fraction of sp³-hybridized carbons (Fsp3) is 0.143. The van der Waals surface area contributed by atoms with E-state index in [4.69, 9.17) is 16.3 Å². The Hall–Kier alpha value is -2.07. The lowest BCUT2D eigenvalue weighted by molar-refractivity contribution is 0.0601. The van der Waals surface area contributed by atoms with Crippen molar-refractivity contribution in [1.82, 2.24) is 4.98 Å². The highest BCUT2D eigenvalue weighted by Gasteiger charge is 2.12. The summed E-state index contributed by atoms with van der Waals surface area (Å²) in [6.07, 6.45) is 1.61. The number of rotatable bonds is 4. The van der Waals surface area contributed by atoms with E-state index in [1.54, 1.807) is 18.3 Å². The predicted octanol–water partition coefficient (Wildman–Crippen LogP) is 3.13. The molecule has 4 nitrogen and oxygen atoms in total. The molecular weight excluding hydrogens is 264 g/mol. The maximum atomic E-state index is 11.6. The van der Waals surface area contributed by atoms with Crippen LogP contribution in [0.1, 0.15) is 15.9 Å². The van der Waals surface area contributed by atoms with Crippen molar-refractivity contribution < 1.29 is 9.53 Å². The van der Waals surface area contributed by atoms with E-state index >= 15 is 0 Å². The van der Waals surface area contributed by atoms with Crippen LogP contribution >= 0.6 is 11.6 Å². The average Bonchev–Trinajstić information content (AvgIpc) is 2.46. The highest BCUT2D eigenvalue weighted by molar-refractivity contribution is 6.31. The molecule has 0 atom stereocenters. The van der Waals surface area contributed by atoms with E-state index in [-0.39, 0.29) is 0 Å². The molecule has 0 aliphatic heterocycles. The highest BCUT2D eigenvalue weighted by atomic mass is 35.5. The summed E-state index contributed by atoms with van der Waals surface area (Å²) in [7, 11) is 1.34. The van der Waals surface area contributed by atoms with Crippen LogP contribution in [-0.4, -0.2) is 18.1 Å². The smallest absolute Gasteiger partial charge is 0.341 e. The number of halogens is 1. The number of carbonyl (C=O) groups is 1. The fourth-order valence-corrected chi connectivity index (χ4v) is 1.84. The molecule has 0 saturated carbocycles. The summed E-state index contributed by atoms with van der Waals surface area (Å²) in [5.74, 6) is 0.0593. The Morgan fingerprint density at radius 3 is 2.84 bits per heavy atom. The lowest BCUT2D eigenvalue weighted by Crippen LogP contribution is -2.09. The first kappa shape index (κ1) is 13.4. The zero-order valence-corrected chi connectivity index (χ0v) is 11.1. The van der Waals surface area contributed by atoms with E-state index in [0.29, 0.717) is 22.9 Å². The molecule has 1 N–H and O–H groups in total. The van der Waals surface area contributed by atoms with Crippen molar-refractivity contribution in [3.8, 4) is 0 Å². The van der Waals surface area contributed by atoms with Gasteiger partial charge in [0.2, 0.25) is 0 Å². The largest absolute Gasteiger partial charge is 0.465 e. The summed E-state index contributed by atoms with van der Waals surface area (Å²) in [5, 5.41) is 3.76. The average molecular weight is 277 g/mol. The van der Waals surface area contributed by atoms with Gasteiger partial charge in [-0.1, -0.05) is 29.8 Å². The SMILES string of the molecule is COC(=O)c1cccnc1NCc1ccccc1Cl.